The van der Waals surface area contributed by atoms with E-state index in [2.05, 4.69) is 5.32 Å². The lowest BCUT2D eigenvalue weighted by atomic mass is 10.1. The van der Waals surface area contributed by atoms with Crippen LogP contribution in [0.2, 0.25) is 0 Å². The lowest BCUT2D eigenvalue weighted by Gasteiger charge is -2.18. The largest absolute Gasteiger partial charge is 0.491 e. The number of hydrogen-bond donors (Lipinski definition) is 2. The monoisotopic (exact) mass is 352 g/mol. The van der Waals surface area contributed by atoms with Crippen molar-refractivity contribution in [2.75, 3.05) is 12.3 Å². The van der Waals surface area contributed by atoms with E-state index in [4.69, 9.17) is 10.5 Å². The molecule has 0 fully saturated rings. The minimum atomic E-state index is -4.50. The Morgan fingerprint density at radius 3 is 2.60 bits per heavy atom. The molecule has 0 aliphatic heterocycles. The highest BCUT2D eigenvalue weighted by Gasteiger charge is 2.34. The van der Waals surface area contributed by atoms with Crippen molar-refractivity contribution in [2.24, 2.45) is 0 Å². The molecule has 0 aromatic heterocycles. The number of hydrogen-bond acceptors (Lipinski definition) is 3. The van der Waals surface area contributed by atoms with E-state index in [0.717, 1.165) is 11.6 Å². The van der Waals surface area contributed by atoms with Crippen LogP contribution in [0.3, 0.4) is 0 Å². The first-order valence-electron chi connectivity index (χ1n) is 7.64. The van der Waals surface area contributed by atoms with Gasteiger partial charge in [-0.15, -0.1) is 0 Å². The van der Waals surface area contributed by atoms with Gasteiger partial charge in [0, 0.05) is 11.3 Å². The molecule has 25 heavy (non-hydrogen) atoms. The first-order valence-corrected chi connectivity index (χ1v) is 7.64. The van der Waals surface area contributed by atoms with Crippen LogP contribution in [-0.4, -0.2) is 18.6 Å². The predicted molar refractivity (Wildman–Crippen MR) is 89.5 cm³/mol. The normalized spacial score (nSPS) is 12.5. The second-order valence-corrected chi connectivity index (χ2v) is 5.75. The molecule has 0 aliphatic rings. The molecule has 1 unspecified atom stereocenters. The Labute approximate surface area is 143 Å². The summed E-state index contributed by atoms with van der Waals surface area (Å²) in [5.74, 6) is -0.624. The van der Waals surface area contributed by atoms with Gasteiger partial charge in [0.15, 0.2) is 0 Å². The molecule has 0 bridgehead atoms. The topological polar surface area (TPSA) is 64.4 Å². The molecule has 2 rings (SSSR count). The summed E-state index contributed by atoms with van der Waals surface area (Å²) in [6.45, 7) is 3.32. The van der Waals surface area contributed by atoms with E-state index < -0.39 is 17.8 Å². The Bertz CT molecular complexity index is 760. The summed E-state index contributed by atoms with van der Waals surface area (Å²) < 4.78 is 44.0. The van der Waals surface area contributed by atoms with Crippen LogP contribution >= 0.6 is 0 Å². The van der Waals surface area contributed by atoms with Crippen molar-refractivity contribution < 1.29 is 22.7 Å². The average Bonchev–Trinajstić information content (AvgIpc) is 2.54. The van der Waals surface area contributed by atoms with E-state index in [1.165, 1.54) is 18.2 Å². The third-order valence-corrected chi connectivity index (χ3v) is 3.57. The summed E-state index contributed by atoms with van der Waals surface area (Å²) in [5, 5.41) is 2.69. The van der Waals surface area contributed by atoms with E-state index in [0.29, 0.717) is 11.3 Å². The highest BCUT2D eigenvalue weighted by molar-refractivity contribution is 5.96. The summed E-state index contributed by atoms with van der Waals surface area (Å²) in [5.41, 5.74) is 6.46. The Balaban J connectivity index is 2.01. The van der Waals surface area contributed by atoms with E-state index in [1.54, 1.807) is 32.0 Å². The minimum Gasteiger partial charge on any atom is -0.491 e. The average molecular weight is 352 g/mol. The van der Waals surface area contributed by atoms with E-state index >= 15 is 0 Å². The van der Waals surface area contributed by atoms with Crippen LogP contribution in [0, 0.1) is 6.92 Å². The van der Waals surface area contributed by atoms with Crippen molar-refractivity contribution >= 4 is 11.6 Å². The number of carbonyl (C=O) groups excluding carboxylic acids is 1. The number of aryl methyl sites for hydroxylation is 1. The van der Waals surface area contributed by atoms with E-state index in [-0.39, 0.29) is 18.3 Å². The number of nitrogen functional groups attached to an aromatic ring is 1. The highest BCUT2D eigenvalue weighted by Crippen LogP contribution is 2.35. The van der Waals surface area contributed by atoms with Crippen molar-refractivity contribution in [2.45, 2.75) is 26.1 Å². The van der Waals surface area contributed by atoms with Crippen LogP contribution in [0.15, 0.2) is 42.5 Å². The summed E-state index contributed by atoms with van der Waals surface area (Å²) >= 11 is 0. The highest BCUT2D eigenvalue weighted by atomic mass is 19.4. The number of nitrogens with one attached hydrogen (secondary N) is 1. The van der Waals surface area contributed by atoms with Gasteiger partial charge in [0.25, 0.3) is 5.91 Å². The summed E-state index contributed by atoms with van der Waals surface area (Å²) in [7, 11) is 0. The summed E-state index contributed by atoms with van der Waals surface area (Å²) in [6, 6.07) is 9.44. The zero-order valence-corrected chi connectivity index (χ0v) is 13.9. The number of benzene rings is 2. The molecule has 0 radical (unpaired) electrons. The molecule has 0 saturated heterocycles. The van der Waals surface area contributed by atoms with Gasteiger partial charge >= 0.3 is 6.18 Å². The summed E-state index contributed by atoms with van der Waals surface area (Å²) in [4.78, 5) is 12.3. The number of amides is 1. The van der Waals surface area contributed by atoms with E-state index in [1.807, 2.05) is 0 Å². The van der Waals surface area contributed by atoms with Gasteiger partial charge in [-0.25, -0.2) is 0 Å². The molecule has 0 aliphatic carbocycles. The first kappa shape index (κ1) is 18.6. The maximum Gasteiger partial charge on any atom is 0.419 e. The quantitative estimate of drug-likeness (QED) is 0.805. The molecular formula is C18H19F3N2O2. The second kappa shape index (κ2) is 7.46. The first-order chi connectivity index (χ1) is 11.7. The van der Waals surface area contributed by atoms with Crippen LogP contribution in [-0.2, 0) is 6.18 Å². The molecule has 0 saturated carbocycles. The van der Waals surface area contributed by atoms with Crippen molar-refractivity contribution in [3.8, 4) is 5.75 Å². The molecule has 1 amide bonds. The lowest BCUT2D eigenvalue weighted by molar-refractivity contribution is -0.139. The van der Waals surface area contributed by atoms with Gasteiger partial charge in [-0.3, -0.25) is 4.79 Å². The molecule has 0 heterocycles. The number of rotatable bonds is 5. The van der Waals surface area contributed by atoms with Crippen LogP contribution in [0.5, 0.6) is 5.75 Å². The van der Waals surface area contributed by atoms with Gasteiger partial charge in [0.1, 0.15) is 12.4 Å². The number of para-hydroxylation sites is 1. The number of alkyl halides is 3. The molecule has 2 aromatic carbocycles. The number of anilines is 1. The Morgan fingerprint density at radius 1 is 1.24 bits per heavy atom. The fraction of sp³-hybridized carbons (Fsp3) is 0.278. The molecule has 1 atom stereocenters. The smallest absolute Gasteiger partial charge is 0.419 e. The molecule has 4 nitrogen and oxygen atoms in total. The number of carbonyl (C=O) groups is 1. The summed E-state index contributed by atoms with van der Waals surface area (Å²) in [6.07, 6.45) is -4.50. The van der Waals surface area contributed by atoms with Gasteiger partial charge in [0.2, 0.25) is 0 Å². The Hall–Kier alpha value is -2.70. The fourth-order valence-corrected chi connectivity index (χ4v) is 2.27. The minimum absolute atomic E-state index is 0.0970. The molecular weight excluding hydrogens is 333 g/mol. The Kier molecular flexibility index (Phi) is 5.56. The number of nitrogens with two attached hydrogens (primary N) is 1. The van der Waals surface area contributed by atoms with E-state index in [9.17, 15) is 18.0 Å². The van der Waals surface area contributed by atoms with Crippen LogP contribution in [0.25, 0.3) is 0 Å². The zero-order chi connectivity index (χ0) is 18.6. The SMILES string of the molecule is Cc1ccc(N)cc1C(=O)NC(C)COc1ccccc1C(F)(F)F. The molecule has 3 N–H and O–H groups in total. The van der Waals surface area contributed by atoms with Gasteiger partial charge < -0.3 is 15.8 Å². The van der Waals surface area contributed by atoms with Gasteiger partial charge in [-0.05, 0) is 43.7 Å². The maximum absolute atomic E-state index is 12.9. The van der Waals surface area contributed by atoms with Gasteiger partial charge in [-0.1, -0.05) is 18.2 Å². The van der Waals surface area contributed by atoms with Gasteiger partial charge in [-0.2, -0.15) is 13.2 Å². The van der Waals surface area contributed by atoms with Crippen molar-refractivity contribution in [1.82, 2.24) is 5.32 Å². The zero-order valence-electron chi connectivity index (χ0n) is 13.9. The lowest BCUT2D eigenvalue weighted by Crippen LogP contribution is -2.37. The third-order valence-electron chi connectivity index (χ3n) is 3.57. The second-order valence-electron chi connectivity index (χ2n) is 5.75. The van der Waals surface area contributed by atoms with Crippen molar-refractivity contribution in [3.63, 3.8) is 0 Å². The predicted octanol–water partition coefficient (Wildman–Crippen LogP) is 3.79. The van der Waals surface area contributed by atoms with Crippen LogP contribution in [0.4, 0.5) is 18.9 Å². The van der Waals surface area contributed by atoms with Crippen molar-refractivity contribution in [1.29, 1.82) is 0 Å². The van der Waals surface area contributed by atoms with Crippen LogP contribution < -0.4 is 15.8 Å². The number of halogens is 3. The van der Waals surface area contributed by atoms with Crippen LogP contribution in [0.1, 0.15) is 28.4 Å². The molecule has 134 valence electrons. The molecule has 7 heteroatoms. The molecule has 0 spiro atoms. The maximum atomic E-state index is 12.9. The third kappa shape index (κ3) is 4.89. The standard InChI is InChI=1S/C18H19F3N2O2/c1-11-7-8-13(22)9-14(11)17(24)23-12(2)10-25-16-6-4-3-5-15(16)18(19,20)21/h3-9,12H,10,22H2,1-2H3,(H,23,24). The fourth-order valence-electron chi connectivity index (χ4n) is 2.27. The van der Waals surface area contributed by atoms with Crippen molar-refractivity contribution in [3.05, 3.63) is 59.2 Å². The van der Waals surface area contributed by atoms with Gasteiger partial charge in [0.05, 0.1) is 11.6 Å². The number of ether oxygens (including phenoxy) is 1. The Morgan fingerprint density at radius 2 is 1.92 bits per heavy atom. The molecule has 2 aromatic rings.